The van der Waals surface area contributed by atoms with Crippen molar-refractivity contribution in [1.29, 1.82) is 0 Å². The smallest absolute Gasteiger partial charge is 0.295 e. The maximum absolute atomic E-state index is 13.1. The third-order valence-electron chi connectivity index (χ3n) is 4.71. The van der Waals surface area contributed by atoms with Crippen LogP contribution in [0.1, 0.15) is 11.5 Å². The number of hydrogen-bond acceptors (Lipinski definition) is 4. The molecule has 1 N–H and O–H groups in total. The summed E-state index contributed by atoms with van der Waals surface area (Å²) in [6.45, 7) is 3.76. The van der Waals surface area contributed by atoms with Gasteiger partial charge in [-0.15, -0.1) is 0 Å². The molecule has 4 aromatic rings. The molecule has 0 aliphatic rings. The van der Waals surface area contributed by atoms with Gasteiger partial charge in [0, 0.05) is 18.7 Å². The molecule has 6 nitrogen and oxygen atoms in total. The van der Waals surface area contributed by atoms with Crippen LogP contribution in [0.15, 0.2) is 71.5 Å². The fraction of sp³-hybridized carbons (Fsp3) is 0.136. The highest BCUT2D eigenvalue weighted by Gasteiger charge is 2.17. The number of nitrogens with one attached hydrogen (secondary N) is 1. The molecule has 0 aliphatic heterocycles. The predicted octanol–water partition coefficient (Wildman–Crippen LogP) is 3.99. The average molecular weight is 371 g/mol. The van der Waals surface area contributed by atoms with Gasteiger partial charge in [-0.3, -0.25) is 9.48 Å². The van der Waals surface area contributed by atoms with E-state index in [-0.39, 0.29) is 5.56 Å². The number of nitrogens with zero attached hydrogens (tertiary/aromatic N) is 4. The van der Waals surface area contributed by atoms with Crippen molar-refractivity contribution in [3.8, 4) is 16.9 Å². The number of benzene rings is 2. The maximum Gasteiger partial charge on any atom is 0.295 e. The molecule has 28 heavy (non-hydrogen) atoms. The summed E-state index contributed by atoms with van der Waals surface area (Å²) in [6, 6.07) is 21.4. The summed E-state index contributed by atoms with van der Waals surface area (Å²) in [7, 11) is 1.87. The number of aryl methyl sites for hydroxylation is 1. The van der Waals surface area contributed by atoms with Crippen molar-refractivity contribution in [2.24, 2.45) is 7.05 Å². The molecule has 0 amide bonds. The first-order chi connectivity index (χ1) is 13.5. The summed E-state index contributed by atoms with van der Waals surface area (Å²) in [6.07, 6.45) is 0. The molecule has 0 fully saturated rings. The van der Waals surface area contributed by atoms with Crippen LogP contribution < -0.4 is 10.9 Å². The van der Waals surface area contributed by atoms with Gasteiger partial charge in [0.25, 0.3) is 5.56 Å². The van der Waals surface area contributed by atoms with Gasteiger partial charge in [-0.05, 0) is 26.0 Å². The van der Waals surface area contributed by atoms with Crippen molar-refractivity contribution in [2.75, 3.05) is 5.32 Å². The van der Waals surface area contributed by atoms with E-state index in [9.17, 15) is 4.79 Å². The second-order valence-corrected chi connectivity index (χ2v) is 6.61. The topological polar surface area (TPSA) is 64.7 Å². The van der Waals surface area contributed by atoms with E-state index in [0.717, 1.165) is 22.6 Å². The van der Waals surface area contributed by atoms with Crippen LogP contribution in [0.4, 0.5) is 11.5 Å². The molecule has 0 saturated carbocycles. The molecule has 0 unspecified atom stereocenters. The Kier molecular flexibility index (Phi) is 4.53. The van der Waals surface area contributed by atoms with Crippen molar-refractivity contribution in [2.45, 2.75) is 13.8 Å². The van der Waals surface area contributed by atoms with Crippen molar-refractivity contribution < 1.29 is 0 Å². The zero-order valence-electron chi connectivity index (χ0n) is 16.0. The van der Waals surface area contributed by atoms with Gasteiger partial charge in [-0.1, -0.05) is 48.5 Å². The van der Waals surface area contributed by atoms with Gasteiger partial charge in [-0.2, -0.15) is 0 Å². The fourth-order valence-electron chi connectivity index (χ4n) is 3.23. The first kappa shape index (κ1) is 17.7. The molecule has 0 atom stereocenters. The molecule has 2 aromatic carbocycles. The lowest BCUT2D eigenvalue weighted by Gasteiger charge is -2.08. The Labute approximate surface area is 163 Å². The van der Waals surface area contributed by atoms with Gasteiger partial charge in [-0.25, -0.2) is 14.6 Å². The Bertz CT molecular complexity index is 1180. The molecule has 0 radical (unpaired) electrons. The van der Waals surface area contributed by atoms with Crippen molar-refractivity contribution in [1.82, 2.24) is 19.3 Å². The maximum atomic E-state index is 13.1. The van der Waals surface area contributed by atoms with E-state index in [1.807, 2.05) is 92.3 Å². The highest BCUT2D eigenvalue weighted by Crippen LogP contribution is 2.23. The largest absolute Gasteiger partial charge is 0.334 e. The normalized spacial score (nSPS) is 10.8. The predicted molar refractivity (Wildman–Crippen MR) is 111 cm³/mol. The quantitative estimate of drug-likeness (QED) is 0.589. The molecule has 2 aromatic heterocycles. The number of aromatic nitrogens is 4. The van der Waals surface area contributed by atoms with Crippen molar-refractivity contribution in [3.05, 3.63) is 88.6 Å². The van der Waals surface area contributed by atoms with Crippen LogP contribution in [-0.4, -0.2) is 19.3 Å². The minimum absolute atomic E-state index is 0.122. The Morgan fingerprint density at radius 1 is 0.893 bits per heavy atom. The zero-order valence-corrected chi connectivity index (χ0v) is 16.0. The first-order valence-corrected chi connectivity index (χ1v) is 9.07. The summed E-state index contributed by atoms with van der Waals surface area (Å²) in [5, 5.41) is 3.22. The van der Waals surface area contributed by atoms with Crippen LogP contribution in [0.5, 0.6) is 0 Å². The summed E-state index contributed by atoms with van der Waals surface area (Å²) < 4.78 is 3.48. The molecule has 0 saturated heterocycles. The van der Waals surface area contributed by atoms with Crippen LogP contribution in [0.25, 0.3) is 16.9 Å². The van der Waals surface area contributed by atoms with Gasteiger partial charge in [0.05, 0.1) is 17.1 Å². The van der Waals surface area contributed by atoms with Gasteiger partial charge >= 0.3 is 0 Å². The highest BCUT2D eigenvalue weighted by atomic mass is 16.1. The minimum Gasteiger partial charge on any atom is -0.334 e. The SMILES string of the molecule is Cc1nc(Nc2c(C)n(C)n(-c3ccccc3)c2=O)cc(-c2ccccc2)n1. The van der Waals surface area contributed by atoms with E-state index < -0.39 is 0 Å². The fourth-order valence-corrected chi connectivity index (χ4v) is 3.23. The van der Waals surface area contributed by atoms with E-state index in [0.29, 0.717) is 17.3 Å². The van der Waals surface area contributed by atoms with Gasteiger partial charge in [0.15, 0.2) is 0 Å². The van der Waals surface area contributed by atoms with Crippen LogP contribution in [0.3, 0.4) is 0 Å². The Morgan fingerprint density at radius 3 is 2.21 bits per heavy atom. The molecule has 6 heteroatoms. The molecule has 0 aliphatic carbocycles. The summed E-state index contributed by atoms with van der Waals surface area (Å²) >= 11 is 0. The molecular weight excluding hydrogens is 350 g/mol. The standard InChI is InChI=1S/C22H21N5O/c1-15-21(22(28)27(26(15)3)18-12-8-5-9-13-18)25-20-14-19(23-16(2)24-20)17-10-6-4-7-11-17/h4-14H,1-3H3,(H,23,24,25). The second kappa shape index (κ2) is 7.15. The summed E-state index contributed by atoms with van der Waals surface area (Å²) in [4.78, 5) is 22.1. The number of hydrogen-bond donors (Lipinski definition) is 1. The van der Waals surface area contributed by atoms with E-state index in [1.165, 1.54) is 0 Å². The van der Waals surface area contributed by atoms with Crippen molar-refractivity contribution in [3.63, 3.8) is 0 Å². The summed E-state index contributed by atoms with van der Waals surface area (Å²) in [5.74, 6) is 1.23. The highest BCUT2D eigenvalue weighted by molar-refractivity contribution is 5.66. The lowest BCUT2D eigenvalue weighted by molar-refractivity contribution is 0.630. The Balaban J connectivity index is 1.77. The Hall–Kier alpha value is -3.67. The molecular formula is C22H21N5O. The second-order valence-electron chi connectivity index (χ2n) is 6.61. The van der Waals surface area contributed by atoms with E-state index >= 15 is 0 Å². The molecule has 0 bridgehead atoms. The molecule has 4 rings (SSSR count). The number of rotatable bonds is 4. The number of para-hydroxylation sites is 1. The van der Waals surface area contributed by atoms with Gasteiger partial charge in [0.2, 0.25) is 0 Å². The Morgan fingerprint density at radius 2 is 1.54 bits per heavy atom. The van der Waals surface area contributed by atoms with Crippen LogP contribution in [0, 0.1) is 13.8 Å². The van der Waals surface area contributed by atoms with E-state index in [1.54, 1.807) is 4.68 Å². The molecule has 0 spiro atoms. The third kappa shape index (κ3) is 3.20. The van der Waals surface area contributed by atoms with E-state index in [2.05, 4.69) is 15.3 Å². The molecule has 2 heterocycles. The summed E-state index contributed by atoms with van der Waals surface area (Å²) in [5.41, 5.74) is 3.84. The van der Waals surface area contributed by atoms with Crippen LogP contribution in [-0.2, 0) is 7.05 Å². The van der Waals surface area contributed by atoms with Gasteiger partial charge in [0.1, 0.15) is 17.3 Å². The van der Waals surface area contributed by atoms with Crippen LogP contribution in [0.2, 0.25) is 0 Å². The van der Waals surface area contributed by atoms with Crippen LogP contribution >= 0.6 is 0 Å². The monoisotopic (exact) mass is 371 g/mol. The number of anilines is 2. The van der Waals surface area contributed by atoms with E-state index in [4.69, 9.17) is 0 Å². The zero-order chi connectivity index (χ0) is 19.7. The minimum atomic E-state index is -0.122. The lowest BCUT2D eigenvalue weighted by Crippen LogP contribution is -2.20. The molecule has 140 valence electrons. The lowest BCUT2D eigenvalue weighted by atomic mass is 10.1. The average Bonchev–Trinajstić information content (AvgIpc) is 2.92. The third-order valence-corrected chi connectivity index (χ3v) is 4.71. The first-order valence-electron chi connectivity index (χ1n) is 9.07. The van der Waals surface area contributed by atoms with Crippen molar-refractivity contribution >= 4 is 11.5 Å². The van der Waals surface area contributed by atoms with Gasteiger partial charge < -0.3 is 5.32 Å².